The van der Waals surface area contributed by atoms with E-state index in [0.717, 1.165) is 12.8 Å². The molecule has 0 bridgehead atoms. The standard InChI is InChI=1S/C7H19O4P/c1-4-5-6-12(8,9)7(10-2)11-3/h7-9,12H,4-6H2,1-3H3. The molecule has 0 aromatic heterocycles. The van der Waals surface area contributed by atoms with Crippen LogP contribution in [0.1, 0.15) is 19.8 Å². The van der Waals surface area contributed by atoms with Gasteiger partial charge in [-0.2, -0.15) is 0 Å². The van der Waals surface area contributed by atoms with E-state index in [4.69, 9.17) is 9.47 Å². The van der Waals surface area contributed by atoms with Gasteiger partial charge in [-0.05, 0) is 0 Å². The SMILES string of the molecule is CCCC[PH](O)(O)C(OC)OC. The van der Waals surface area contributed by atoms with Gasteiger partial charge in [-0.25, -0.2) is 0 Å². The Morgan fingerprint density at radius 3 is 2.08 bits per heavy atom. The van der Waals surface area contributed by atoms with Crippen LogP contribution in [0.4, 0.5) is 0 Å². The molecule has 5 heteroatoms. The molecule has 0 unspecified atom stereocenters. The molecule has 4 nitrogen and oxygen atoms in total. The third-order valence-electron chi connectivity index (χ3n) is 1.70. The average Bonchev–Trinajstić information content (AvgIpc) is 2.03. The van der Waals surface area contributed by atoms with Crippen LogP contribution in [0.15, 0.2) is 0 Å². The quantitative estimate of drug-likeness (QED) is 0.492. The summed E-state index contributed by atoms with van der Waals surface area (Å²) in [6.07, 6.45) is 2.13. The fraction of sp³-hybridized carbons (Fsp3) is 1.00. The number of ether oxygens (including phenoxy) is 2. The molecule has 76 valence electrons. The predicted molar refractivity (Wildman–Crippen MR) is 50.3 cm³/mol. The van der Waals surface area contributed by atoms with Crippen LogP contribution in [0.25, 0.3) is 0 Å². The van der Waals surface area contributed by atoms with Crippen molar-refractivity contribution >= 4 is 7.72 Å². The summed E-state index contributed by atoms with van der Waals surface area (Å²) >= 11 is 0. The molecule has 0 aliphatic rings. The Balaban J connectivity index is 3.96. The first-order chi connectivity index (χ1) is 5.58. The first-order valence-corrected chi connectivity index (χ1v) is 6.26. The van der Waals surface area contributed by atoms with Gasteiger partial charge in [-0.15, -0.1) is 0 Å². The number of hydrogen-bond donors (Lipinski definition) is 2. The second-order valence-electron chi connectivity index (χ2n) is 2.79. The summed E-state index contributed by atoms with van der Waals surface area (Å²) in [7, 11) is -0.476. The van der Waals surface area contributed by atoms with E-state index >= 15 is 0 Å². The second-order valence-corrected chi connectivity index (χ2v) is 5.51. The molecule has 0 saturated heterocycles. The molecule has 0 heterocycles. The molecule has 0 aliphatic heterocycles. The monoisotopic (exact) mass is 198 g/mol. The minimum absolute atomic E-state index is 0.399. The molecule has 0 fully saturated rings. The molecule has 0 aromatic carbocycles. The van der Waals surface area contributed by atoms with Crippen molar-refractivity contribution in [3.63, 3.8) is 0 Å². The molecule has 0 saturated carbocycles. The normalized spacial score (nSPS) is 13.8. The number of hydrogen-bond acceptors (Lipinski definition) is 4. The van der Waals surface area contributed by atoms with Crippen LogP contribution in [0.2, 0.25) is 0 Å². The Morgan fingerprint density at radius 1 is 1.25 bits per heavy atom. The molecular weight excluding hydrogens is 179 g/mol. The van der Waals surface area contributed by atoms with Crippen LogP contribution in [0.3, 0.4) is 0 Å². The summed E-state index contributed by atoms with van der Waals surface area (Å²) in [5, 5.41) is 0. The van der Waals surface area contributed by atoms with E-state index in [0.29, 0.717) is 6.16 Å². The van der Waals surface area contributed by atoms with E-state index in [1.165, 1.54) is 14.2 Å². The topological polar surface area (TPSA) is 58.9 Å². The van der Waals surface area contributed by atoms with Gasteiger partial charge in [0.1, 0.15) is 0 Å². The van der Waals surface area contributed by atoms with Crippen molar-refractivity contribution in [2.24, 2.45) is 0 Å². The van der Waals surface area contributed by atoms with Gasteiger partial charge in [-0.1, -0.05) is 0 Å². The zero-order valence-electron chi connectivity index (χ0n) is 7.91. The summed E-state index contributed by atoms with van der Waals surface area (Å²) in [6.45, 7) is 2.00. The minimum atomic E-state index is -3.30. The predicted octanol–water partition coefficient (Wildman–Crippen LogP) is 0.927. The summed E-state index contributed by atoms with van der Waals surface area (Å²) in [5.74, 6) is 0. The molecule has 0 spiro atoms. The van der Waals surface area contributed by atoms with E-state index in [2.05, 4.69) is 0 Å². The third kappa shape index (κ3) is 3.78. The summed E-state index contributed by atoms with van der Waals surface area (Å²) < 4.78 is 9.60. The molecule has 0 atom stereocenters. The van der Waals surface area contributed by atoms with E-state index in [1.807, 2.05) is 6.92 Å². The van der Waals surface area contributed by atoms with E-state index in [-0.39, 0.29) is 0 Å². The second kappa shape index (κ2) is 5.84. The van der Waals surface area contributed by atoms with Crippen LogP contribution >= 0.6 is 7.72 Å². The van der Waals surface area contributed by atoms with Crippen LogP contribution in [0, 0.1) is 0 Å². The van der Waals surface area contributed by atoms with Crippen molar-refractivity contribution in [3.8, 4) is 0 Å². The molecule has 0 aromatic rings. The van der Waals surface area contributed by atoms with Gasteiger partial charge in [-0.3, -0.25) is 0 Å². The van der Waals surface area contributed by atoms with Crippen molar-refractivity contribution in [2.75, 3.05) is 20.4 Å². The maximum atomic E-state index is 9.55. The third-order valence-corrected chi connectivity index (χ3v) is 4.02. The Bertz CT molecular complexity index is 114. The number of unbranched alkanes of at least 4 members (excludes halogenated alkanes) is 1. The first kappa shape index (κ1) is 12.3. The Kier molecular flexibility index (Phi) is 5.97. The fourth-order valence-electron chi connectivity index (χ4n) is 1.03. The zero-order valence-corrected chi connectivity index (χ0v) is 8.91. The van der Waals surface area contributed by atoms with Gasteiger partial charge in [0, 0.05) is 0 Å². The fourth-order valence-corrected chi connectivity index (χ4v) is 2.89. The first-order valence-electron chi connectivity index (χ1n) is 4.08. The van der Waals surface area contributed by atoms with Crippen LogP contribution in [-0.4, -0.2) is 36.2 Å². The van der Waals surface area contributed by atoms with Crippen molar-refractivity contribution < 1.29 is 19.3 Å². The molecule has 12 heavy (non-hydrogen) atoms. The van der Waals surface area contributed by atoms with E-state index in [9.17, 15) is 9.79 Å². The number of rotatable bonds is 6. The van der Waals surface area contributed by atoms with Crippen LogP contribution in [-0.2, 0) is 9.47 Å². The van der Waals surface area contributed by atoms with Crippen LogP contribution < -0.4 is 0 Å². The Hall–Kier alpha value is 0.270. The number of methoxy groups -OCH3 is 2. The van der Waals surface area contributed by atoms with E-state index < -0.39 is 13.7 Å². The van der Waals surface area contributed by atoms with Gasteiger partial charge in [0.05, 0.1) is 0 Å². The maximum absolute atomic E-state index is 9.55. The van der Waals surface area contributed by atoms with Crippen molar-refractivity contribution in [1.82, 2.24) is 0 Å². The summed E-state index contributed by atoms with van der Waals surface area (Å²) in [4.78, 5) is 19.1. The molecule has 0 amide bonds. The Morgan fingerprint density at radius 2 is 1.75 bits per heavy atom. The van der Waals surface area contributed by atoms with Crippen molar-refractivity contribution in [2.45, 2.75) is 25.8 Å². The average molecular weight is 198 g/mol. The van der Waals surface area contributed by atoms with Crippen molar-refractivity contribution in [3.05, 3.63) is 0 Å². The molecule has 0 rings (SSSR count). The van der Waals surface area contributed by atoms with Crippen LogP contribution in [0.5, 0.6) is 0 Å². The molecule has 0 aliphatic carbocycles. The van der Waals surface area contributed by atoms with Gasteiger partial charge in [0.2, 0.25) is 0 Å². The van der Waals surface area contributed by atoms with Gasteiger partial charge >= 0.3 is 73.2 Å². The molecule has 0 radical (unpaired) electrons. The molecular formula is C7H19O4P. The molecule has 2 N–H and O–H groups in total. The van der Waals surface area contributed by atoms with Gasteiger partial charge < -0.3 is 0 Å². The summed E-state index contributed by atoms with van der Waals surface area (Å²) in [5.41, 5.74) is 0. The van der Waals surface area contributed by atoms with Gasteiger partial charge in [0.15, 0.2) is 0 Å². The summed E-state index contributed by atoms with van der Waals surface area (Å²) in [6, 6.07) is -0.830. The Labute approximate surface area is 74.0 Å². The van der Waals surface area contributed by atoms with E-state index in [1.54, 1.807) is 0 Å². The zero-order chi connectivity index (χ0) is 9.61. The van der Waals surface area contributed by atoms with Gasteiger partial charge in [0.25, 0.3) is 0 Å². The van der Waals surface area contributed by atoms with Crippen molar-refractivity contribution in [1.29, 1.82) is 0 Å².